The number of amides is 1. The highest BCUT2D eigenvalue weighted by Crippen LogP contribution is 2.38. The molecule has 2 N–H and O–H groups in total. The Morgan fingerprint density at radius 3 is 2.33 bits per heavy atom. The van der Waals surface area contributed by atoms with Crippen molar-refractivity contribution in [2.24, 2.45) is 10.4 Å². The van der Waals surface area contributed by atoms with Gasteiger partial charge in [0, 0.05) is 46.3 Å². The summed E-state index contributed by atoms with van der Waals surface area (Å²) >= 11 is 0. The van der Waals surface area contributed by atoms with Crippen LogP contribution in [0.1, 0.15) is 45.4 Å². The minimum atomic E-state index is -0.266. The van der Waals surface area contributed by atoms with Gasteiger partial charge in [-0.2, -0.15) is 0 Å². The summed E-state index contributed by atoms with van der Waals surface area (Å²) in [6.07, 6.45) is 6.85. The van der Waals surface area contributed by atoms with Gasteiger partial charge in [-0.3, -0.25) is 14.7 Å². The standard InChI is InChI=1S/C18H35N5O/c1-14(23(5)15-8-9-15)12-20-17(19-2)21-13-18(10-6-7-11-18)16(24)22(3)4/h14-15H,6-13H2,1-5H3,(H2,19,20,21). The molecule has 2 rings (SSSR count). The Labute approximate surface area is 147 Å². The third-order valence-corrected chi connectivity index (χ3v) is 5.62. The molecule has 1 atom stereocenters. The monoisotopic (exact) mass is 337 g/mol. The molecule has 0 heterocycles. The van der Waals surface area contributed by atoms with Crippen LogP contribution >= 0.6 is 0 Å². The van der Waals surface area contributed by atoms with Crippen LogP contribution in [0.3, 0.4) is 0 Å². The molecule has 2 fully saturated rings. The molecule has 1 amide bonds. The highest BCUT2D eigenvalue weighted by molar-refractivity contribution is 5.85. The van der Waals surface area contributed by atoms with Crippen molar-refractivity contribution in [3.05, 3.63) is 0 Å². The lowest BCUT2D eigenvalue weighted by atomic mass is 9.84. The molecule has 0 spiro atoms. The summed E-state index contributed by atoms with van der Waals surface area (Å²) in [4.78, 5) is 21.1. The number of nitrogens with zero attached hydrogens (tertiary/aromatic N) is 3. The van der Waals surface area contributed by atoms with E-state index in [4.69, 9.17) is 0 Å². The minimum absolute atomic E-state index is 0.241. The van der Waals surface area contributed by atoms with Gasteiger partial charge in [0.15, 0.2) is 5.96 Å². The predicted octanol–water partition coefficient (Wildman–Crippen LogP) is 1.28. The van der Waals surface area contributed by atoms with Crippen LogP contribution in [-0.4, -0.2) is 75.0 Å². The molecule has 2 saturated carbocycles. The molecule has 0 saturated heterocycles. The van der Waals surface area contributed by atoms with E-state index >= 15 is 0 Å². The van der Waals surface area contributed by atoms with Crippen molar-refractivity contribution >= 4 is 11.9 Å². The average Bonchev–Trinajstić information content (AvgIpc) is 3.31. The summed E-state index contributed by atoms with van der Waals surface area (Å²) in [7, 11) is 7.69. The fraction of sp³-hybridized carbons (Fsp3) is 0.889. The van der Waals surface area contributed by atoms with E-state index in [2.05, 4.69) is 34.5 Å². The molecule has 0 radical (unpaired) electrons. The summed E-state index contributed by atoms with van der Waals surface area (Å²) in [6.45, 7) is 3.77. The molecule has 0 aromatic rings. The van der Waals surface area contributed by atoms with E-state index in [-0.39, 0.29) is 11.3 Å². The number of likely N-dealkylation sites (N-methyl/N-ethyl adjacent to an activating group) is 1. The smallest absolute Gasteiger partial charge is 0.230 e. The normalized spacial score (nSPS) is 21.7. The molecular formula is C18H35N5O. The van der Waals surface area contributed by atoms with Gasteiger partial charge in [-0.05, 0) is 39.7 Å². The SMILES string of the molecule is CN=C(NCC(C)N(C)C1CC1)NCC1(C(=O)N(C)C)CCCC1. The summed E-state index contributed by atoms with van der Waals surface area (Å²) in [5.41, 5.74) is -0.266. The van der Waals surface area contributed by atoms with Gasteiger partial charge in [0.05, 0.1) is 5.41 Å². The maximum atomic E-state index is 12.6. The van der Waals surface area contributed by atoms with Crippen molar-refractivity contribution in [3.8, 4) is 0 Å². The highest BCUT2D eigenvalue weighted by atomic mass is 16.2. The Bertz CT molecular complexity index is 452. The Morgan fingerprint density at radius 1 is 1.21 bits per heavy atom. The first-order chi connectivity index (χ1) is 11.4. The van der Waals surface area contributed by atoms with Gasteiger partial charge < -0.3 is 15.5 Å². The first-order valence-electron chi connectivity index (χ1n) is 9.28. The lowest BCUT2D eigenvalue weighted by Gasteiger charge is -2.32. The second kappa shape index (κ2) is 8.19. The van der Waals surface area contributed by atoms with Crippen LogP contribution in [-0.2, 0) is 4.79 Å². The fourth-order valence-electron chi connectivity index (χ4n) is 3.70. The molecule has 0 aliphatic heterocycles. The maximum Gasteiger partial charge on any atom is 0.230 e. The quantitative estimate of drug-likeness (QED) is 0.543. The molecule has 24 heavy (non-hydrogen) atoms. The maximum absolute atomic E-state index is 12.6. The largest absolute Gasteiger partial charge is 0.355 e. The molecule has 0 aromatic carbocycles. The molecular weight excluding hydrogens is 302 g/mol. The first kappa shape index (κ1) is 19.0. The number of aliphatic imine (C=N–C) groups is 1. The van der Waals surface area contributed by atoms with E-state index < -0.39 is 0 Å². The third-order valence-electron chi connectivity index (χ3n) is 5.62. The van der Waals surface area contributed by atoms with Crippen molar-refractivity contribution < 1.29 is 4.79 Å². The van der Waals surface area contributed by atoms with Crippen molar-refractivity contribution in [2.45, 2.75) is 57.5 Å². The Kier molecular flexibility index (Phi) is 6.49. The molecule has 0 aromatic heterocycles. The zero-order valence-corrected chi connectivity index (χ0v) is 16.1. The van der Waals surface area contributed by atoms with Crippen molar-refractivity contribution in [2.75, 3.05) is 41.3 Å². The van der Waals surface area contributed by atoms with Gasteiger partial charge in [0.25, 0.3) is 0 Å². The molecule has 2 aliphatic rings. The average molecular weight is 338 g/mol. The van der Waals surface area contributed by atoms with Gasteiger partial charge in [0.2, 0.25) is 5.91 Å². The topological polar surface area (TPSA) is 60.0 Å². The second-order valence-corrected chi connectivity index (χ2v) is 7.74. The van der Waals surface area contributed by atoms with Gasteiger partial charge in [-0.1, -0.05) is 12.8 Å². The molecule has 138 valence electrons. The molecule has 2 aliphatic carbocycles. The van der Waals surface area contributed by atoms with Crippen molar-refractivity contribution in [3.63, 3.8) is 0 Å². The van der Waals surface area contributed by atoms with E-state index in [0.717, 1.165) is 44.2 Å². The van der Waals surface area contributed by atoms with Crippen LogP contribution in [0.5, 0.6) is 0 Å². The number of guanidine groups is 1. The van der Waals surface area contributed by atoms with Crippen LogP contribution in [0, 0.1) is 5.41 Å². The van der Waals surface area contributed by atoms with Gasteiger partial charge >= 0.3 is 0 Å². The number of carbonyl (C=O) groups excluding carboxylic acids is 1. The summed E-state index contributed by atoms with van der Waals surface area (Å²) < 4.78 is 0. The lowest BCUT2D eigenvalue weighted by Crippen LogP contribution is -2.51. The van der Waals surface area contributed by atoms with Gasteiger partial charge in [0.1, 0.15) is 0 Å². The zero-order valence-electron chi connectivity index (χ0n) is 16.1. The van der Waals surface area contributed by atoms with Crippen LogP contribution in [0.2, 0.25) is 0 Å². The molecule has 0 bridgehead atoms. The summed E-state index contributed by atoms with van der Waals surface area (Å²) in [5.74, 6) is 1.04. The lowest BCUT2D eigenvalue weighted by molar-refractivity contribution is -0.138. The van der Waals surface area contributed by atoms with Crippen LogP contribution in [0.15, 0.2) is 4.99 Å². The number of carbonyl (C=O) groups is 1. The number of rotatable bonds is 7. The van der Waals surface area contributed by atoms with E-state index in [1.165, 1.54) is 12.8 Å². The molecule has 1 unspecified atom stereocenters. The van der Waals surface area contributed by atoms with Crippen LogP contribution < -0.4 is 10.6 Å². The summed E-state index contributed by atoms with van der Waals surface area (Å²) in [6, 6.07) is 1.23. The van der Waals surface area contributed by atoms with Crippen LogP contribution in [0.25, 0.3) is 0 Å². The van der Waals surface area contributed by atoms with E-state index in [1.54, 1.807) is 11.9 Å². The third kappa shape index (κ3) is 4.62. The molecule has 6 nitrogen and oxygen atoms in total. The number of hydrogen-bond donors (Lipinski definition) is 2. The van der Waals surface area contributed by atoms with Crippen molar-refractivity contribution in [1.29, 1.82) is 0 Å². The second-order valence-electron chi connectivity index (χ2n) is 7.74. The Morgan fingerprint density at radius 2 is 1.83 bits per heavy atom. The number of hydrogen-bond acceptors (Lipinski definition) is 3. The number of nitrogens with one attached hydrogen (secondary N) is 2. The van der Waals surface area contributed by atoms with E-state index in [1.807, 2.05) is 14.1 Å². The first-order valence-corrected chi connectivity index (χ1v) is 9.28. The highest BCUT2D eigenvalue weighted by Gasteiger charge is 2.42. The van der Waals surface area contributed by atoms with Gasteiger partial charge in [-0.25, -0.2) is 0 Å². The van der Waals surface area contributed by atoms with E-state index in [0.29, 0.717) is 12.6 Å². The van der Waals surface area contributed by atoms with Gasteiger partial charge in [-0.15, -0.1) is 0 Å². The minimum Gasteiger partial charge on any atom is -0.355 e. The Hall–Kier alpha value is -1.30. The molecule has 6 heteroatoms. The Balaban J connectivity index is 1.84. The fourth-order valence-corrected chi connectivity index (χ4v) is 3.70. The predicted molar refractivity (Wildman–Crippen MR) is 99.2 cm³/mol. The van der Waals surface area contributed by atoms with Crippen LogP contribution in [0.4, 0.5) is 0 Å². The summed E-state index contributed by atoms with van der Waals surface area (Å²) in [5, 5.41) is 6.81. The van der Waals surface area contributed by atoms with E-state index in [9.17, 15) is 4.79 Å². The zero-order chi connectivity index (χ0) is 17.7. The van der Waals surface area contributed by atoms with Crippen molar-refractivity contribution in [1.82, 2.24) is 20.4 Å².